The molecule has 0 aliphatic carbocycles. The topological polar surface area (TPSA) is 85.3 Å². The van der Waals surface area contributed by atoms with Crippen molar-refractivity contribution < 1.29 is 14.3 Å². The van der Waals surface area contributed by atoms with Crippen LogP contribution in [0.1, 0.15) is 30.6 Å². The zero-order valence-electron chi connectivity index (χ0n) is 11.4. The first kappa shape index (κ1) is 14.8. The molecule has 102 valence electrons. The molecule has 1 rings (SSSR count). The average molecular weight is 262 g/mol. The Morgan fingerprint density at radius 1 is 1.47 bits per heavy atom. The lowest BCUT2D eigenvalue weighted by molar-refractivity contribution is 0.0601. The van der Waals surface area contributed by atoms with Gasteiger partial charge in [-0.15, -0.1) is 0 Å². The summed E-state index contributed by atoms with van der Waals surface area (Å²) in [5.74, 6) is 0.0604. The number of nitrogen functional groups attached to an aromatic ring is 1. The first-order valence-corrected chi connectivity index (χ1v) is 5.91. The molecule has 0 bridgehead atoms. The number of rotatable bonds is 5. The van der Waals surface area contributed by atoms with E-state index in [4.69, 9.17) is 15.7 Å². The van der Waals surface area contributed by atoms with Crippen LogP contribution >= 0.6 is 0 Å². The summed E-state index contributed by atoms with van der Waals surface area (Å²) in [5, 5.41) is 8.89. The molecule has 0 spiro atoms. The van der Waals surface area contributed by atoms with Gasteiger partial charge in [-0.2, -0.15) is 5.26 Å². The number of hydrogen-bond donors (Lipinski definition) is 1. The lowest BCUT2D eigenvalue weighted by Gasteiger charge is -2.16. The van der Waals surface area contributed by atoms with Crippen molar-refractivity contribution in [1.82, 2.24) is 0 Å². The first-order valence-electron chi connectivity index (χ1n) is 5.91. The molecule has 0 aliphatic rings. The Kier molecular flexibility index (Phi) is 4.76. The number of nitriles is 1. The van der Waals surface area contributed by atoms with Gasteiger partial charge in [-0.05, 0) is 38.5 Å². The Bertz CT molecular complexity index is 504. The van der Waals surface area contributed by atoms with Crippen LogP contribution < -0.4 is 10.5 Å². The normalized spacial score (nSPS) is 10.6. The fourth-order valence-corrected chi connectivity index (χ4v) is 1.40. The predicted octanol–water partition coefficient (Wildman–Crippen LogP) is 2.37. The highest BCUT2D eigenvalue weighted by Gasteiger charge is 2.17. The van der Waals surface area contributed by atoms with E-state index >= 15 is 0 Å². The molecule has 0 amide bonds. The van der Waals surface area contributed by atoms with Gasteiger partial charge in [-0.25, -0.2) is 4.79 Å². The van der Waals surface area contributed by atoms with Crippen LogP contribution in [0.25, 0.3) is 0 Å². The third-order valence-electron chi connectivity index (χ3n) is 2.72. The SMILES string of the molecule is COC(=O)c1ccc(OCCC(C)(C)C#N)c(N)c1. The van der Waals surface area contributed by atoms with Crippen LogP contribution in [0.5, 0.6) is 5.75 Å². The summed E-state index contributed by atoms with van der Waals surface area (Å²) in [7, 11) is 1.31. The number of nitrogens with two attached hydrogens (primary N) is 1. The van der Waals surface area contributed by atoms with Gasteiger partial charge in [0.2, 0.25) is 0 Å². The number of methoxy groups -OCH3 is 1. The molecule has 0 heterocycles. The third kappa shape index (κ3) is 4.18. The maximum atomic E-state index is 11.3. The summed E-state index contributed by atoms with van der Waals surface area (Å²) < 4.78 is 10.1. The van der Waals surface area contributed by atoms with Crippen molar-refractivity contribution in [2.24, 2.45) is 5.41 Å². The Morgan fingerprint density at radius 2 is 2.16 bits per heavy atom. The lowest BCUT2D eigenvalue weighted by Crippen LogP contribution is -2.13. The van der Waals surface area contributed by atoms with Gasteiger partial charge in [-0.1, -0.05) is 0 Å². The van der Waals surface area contributed by atoms with Crippen LogP contribution in [0.2, 0.25) is 0 Å². The van der Waals surface area contributed by atoms with Gasteiger partial charge in [-0.3, -0.25) is 0 Å². The molecule has 1 aromatic carbocycles. The van der Waals surface area contributed by atoms with Crippen LogP contribution in [-0.4, -0.2) is 19.7 Å². The molecule has 0 aromatic heterocycles. The first-order chi connectivity index (χ1) is 8.89. The van der Waals surface area contributed by atoms with Crippen molar-refractivity contribution in [3.63, 3.8) is 0 Å². The Morgan fingerprint density at radius 3 is 2.68 bits per heavy atom. The van der Waals surface area contributed by atoms with Crippen LogP contribution in [0.15, 0.2) is 18.2 Å². The lowest BCUT2D eigenvalue weighted by atomic mass is 9.92. The highest BCUT2D eigenvalue weighted by molar-refractivity contribution is 5.90. The summed E-state index contributed by atoms with van der Waals surface area (Å²) in [4.78, 5) is 11.3. The number of esters is 1. The minimum absolute atomic E-state index is 0.373. The van der Waals surface area contributed by atoms with Crippen molar-refractivity contribution in [2.45, 2.75) is 20.3 Å². The highest BCUT2D eigenvalue weighted by Crippen LogP contribution is 2.25. The van der Waals surface area contributed by atoms with E-state index in [1.165, 1.54) is 13.2 Å². The molecule has 0 aliphatic heterocycles. The van der Waals surface area contributed by atoms with Gasteiger partial charge in [0.15, 0.2) is 0 Å². The van der Waals surface area contributed by atoms with Gasteiger partial charge in [0, 0.05) is 0 Å². The maximum Gasteiger partial charge on any atom is 0.337 e. The van der Waals surface area contributed by atoms with E-state index in [-0.39, 0.29) is 0 Å². The van der Waals surface area contributed by atoms with E-state index in [9.17, 15) is 4.79 Å². The monoisotopic (exact) mass is 262 g/mol. The van der Waals surface area contributed by atoms with Gasteiger partial charge in [0.25, 0.3) is 0 Å². The van der Waals surface area contributed by atoms with Crippen molar-refractivity contribution in [3.05, 3.63) is 23.8 Å². The van der Waals surface area contributed by atoms with Gasteiger partial charge >= 0.3 is 5.97 Å². The van der Waals surface area contributed by atoms with E-state index in [1.807, 2.05) is 13.8 Å². The summed E-state index contributed by atoms with van der Waals surface area (Å²) >= 11 is 0. The van der Waals surface area contributed by atoms with Crippen molar-refractivity contribution in [1.29, 1.82) is 5.26 Å². The smallest absolute Gasteiger partial charge is 0.337 e. The quantitative estimate of drug-likeness (QED) is 0.650. The molecule has 0 radical (unpaired) electrons. The summed E-state index contributed by atoms with van der Waals surface area (Å²) in [6.45, 7) is 4.09. The molecule has 2 N–H and O–H groups in total. The molecular weight excluding hydrogens is 244 g/mol. The van der Waals surface area contributed by atoms with E-state index in [2.05, 4.69) is 10.8 Å². The van der Waals surface area contributed by atoms with E-state index < -0.39 is 11.4 Å². The fourth-order valence-electron chi connectivity index (χ4n) is 1.40. The second-order valence-corrected chi connectivity index (χ2v) is 4.84. The Balaban J connectivity index is 2.66. The molecule has 0 fully saturated rings. The Hall–Kier alpha value is -2.22. The number of nitrogens with zero attached hydrogens (tertiary/aromatic N) is 1. The average Bonchev–Trinajstić information content (AvgIpc) is 2.39. The minimum atomic E-state index is -0.441. The molecule has 0 saturated carbocycles. The number of anilines is 1. The van der Waals surface area contributed by atoms with Crippen LogP contribution in [0.4, 0.5) is 5.69 Å². The van der Waals surface area contributed by atoms with Gasteiger partial charge in [0.05, 0.1) is 36.5 Å². The number of benzene rings is 1. The zero-order valence-corrected chi connectivity index (χ0v) is 11.4. The van der Waals surface area contributed by atoms with Crippen LogP contribution in [0, 0.1) is 16.7 Å². The highest BCUT2D eigenvalue weighted by atomic mass is 16.5. The number of carbonyl (C=O) groups excluding carboxylic acids is 1. The van der Waals surface area contributed by atoms with Gasteiger partial charge < -0.3 is 15.2 Å². The second-order valence-electron chi connectivity index (χ2n) is 4.84. The predicted molar refractivity (Wildman–Crippen MR) is 71.7 cm³/mol. The van der Waals surface area contributed by atoms with Crippen molar-refractivity contribution >= 4 is 11.7 Å². The fraction of sp³-hybridized carbons (Fsp3) is 0.429. The summed E-state index contributed by atoms with van der Waals surface area (Å²) in [6.07, 6.45) is 0.599. The van der Waals surface area contributed by atoms with Crippen LogP contribution in [-0.2, 0) is 4.74 Å². The Labute approximate surface area is 112 Å². The number of ether oxygens (including phenoxy) is 2. The van der Waals surface area contributed by atoms with Crippen LogP contribution in [0.3, 0.4) is 0 Å². The van der Waals surface area contributed by atoms with E-state index in [0.717, 1.165) is 0 Å². The second kappa shape index (κ2) is 6.10. The molecule has 1 aromatic rings. The minimum Gasteiger partial charge on any atom is -0.491 e. The largest absolute Gasteiger partial charge is 0.491 e. The molecule has 19 heavy (non-hydrogen) atoms. The molecule has 0 atom stereocenters. The zero-order chi connectivity index (χ0) is 14.5. The molecule has 5 heteroatoms. The van der Waals surface area contributed by atoms with Crippen molar-refractivity contribution in [3.8, 4) is 11.8 Å². The maximum absolute atomic E-state index is 11.3. The molecular formula is C14H18N2O3. The van der Waals surface area contributed by atoms with Gasteiger partial charge in [0.1, 0.15) is 5.75 Å². The van der Waals surface area contributed by atoms with Crippen molar-refractivity contribution in [2.75, 3.05) is 19.5 Å². The summed E-state index contributed by atoms with van der Waals surface area (Å²) in [5.41, 5.74) is 6.12. The van der Waals surface area contributed by atoms with E-state index in [0.29, 0.717) is 30.0 Å². The van der Waals surface area contributed by atoms with E-state index in [1.54, 1.807) is 12.1 Å². The molecule has 5 nitrogen and oxygen atoms in total. The number of carbonyl (C=O) groups is 1. The standard InChI is InChI=1S/C14H18N2O3/c1-14(2,9-15)6-7-19-12-5-4-10(8-11(12)16)13(17)18-3/h4-5,8H,6-7,16H2,1-3H3. The third-order valence-corrected chi connectivity index (χ3v) is 2.72. The summed E-state index contributed by atoms with van der Waals surface area (Å²) in [6, 6.07) is 6.93. The molecule has 0 saturated heterocycles. The number of hydrogen-bond acceptors (Lipinski definition) is 5. The molecule has 0 unspecified atom stereocenters.